The zero-order chi connectivity index (χ0) is 34.3. The molecule has 48 heavy (non-hydrogen) atoms. The predicted octanol–water partition coefficient (Wildman–Crippen LogP) is 6.19. The molecule has 2 saturated carbocycles. The minimum absolute atomic E-state index is 0.0499. The molecule has 0 spiro atoms. The lowest BCUT2D eigenvalue weighted by atomic mass is 9.62. The average molecular weight is 669 g/mol. The summed E-state index contributed by atoms with van der Waals surface area (Å²) in [7, 11) is 4.21. The van der Waals surface area contributed by atoms with Crippen LogP contribution in [0.25, 0.3) is 0 Å². The summed E-state index contributed by atoms with van der Waals surface area (Å²) >= 11 is 0. The zero-order valence-corrected chi connectivity index (χ0v) is 30.6. The number of ether oxygens (including phenoxy) is 3. The minimum Gasteiger partial charge on any atom is -0.391 e. The molecule has 2 heterocycles. The molecule has 5 aliphatic rings. The molecule has 1 aromatic carbocycles. The Morgan fingerprint density at radius 2 is 1.69 bits per heavy atom. The molecule has 6 rings (SSSR count). The Hall–Kier alpha value is -1.52. The Balaban J connectivity index is 1.28. The van der Waals surface area contributed by atoms with Gasteiger partial charge in [0.15, 0.2) is 12.6 Å². The standard InChI is InChI=1S/C40H64N2O6/c1-8-26-11-9-14-34(48-36-18-17-33(42(6)7)25(5)46-36)24(4)39(44)31-20-29-27-12-10-13-28(27)38(41-32-16-15-22(2)19-23(32)3)40(45)37(29)30(31)21-35(43)47-26/h15-16,19-20,24-30,33-41,43-45H,8-14,17-18,21H2,1-7H3/t24-,25?,26+,27-,28+,29-,30-,33+,34+,35?,36+,37?,38?,39?,40+/m1/s1. The first-order valence-corrected chi connectivity index (χ1v) is 19.2. The van der Waals surface area contributed by atoms with Crippen LogP contribution in [0, 0.1) is 49.4 Å². The van der Waals surface area contributed by atoms with Crippen molar-refractivity contribution in [3.8, 4) is 0 Å². The van der Waals surface area contributed by atoms with E-state index in [-0.39, 0.29) is 54.3 Å². The lowest BCUT2D eigenvalue weighted by Gasteiger charge is -2.48. The van der Waals surface area contributed by atoms with E-state index in [1.54, 1.807) is 0 Å². The van der Waals surface area contributed by atoms with Gasteiger partial charge in [0.05, 0.1) is 36.6 Å². The molecule has 2 aliphatic heterocycles. The molecule has 4 N–H and O–H groups in total. The van der Waals surface area contributed by atoms with Crippen LogP contribution in [0.15, 0.2) is 29.8 Å². The van der Waals surface area contributed by atoms with Gasteiger partial charge in [0, 0.05) is 30.0 Å². The molecule has 1 aromatic rings. The lowest BCUT2D eigenvalue weighted by molar-refractivity contribution is -0.236. The molecule has 2 saturated heterocycles. The normalized spacial score (nSPS) is 43.8. The number of hydrogen-bond donors (Lipinski definition) is 4. The van der Waals surface area contributed by atoms with E-state index in [1.165, 1.54) is 11.1 Å². The fourth-order valence-electron chi connectivity index (χ4n) is 10.5. The summed E-state index contributed by atoms with van der Waals surface area (Å²) in [6.45, 7) is 10.6. The zero-order valence-electron chi connectivity index (χ0n) is 30.6. The number of rotatable bonds is 6. The molecule has 0 aromatic heterocycles. The maximum Gasteiger partial charge on any atom is 0.158 e. The third kappa shape index (κ3) is 7.42. The van der Waals surface area contributed by atoms with Gasteiger partial charge in [-0.25, -0.2) is 0 Å². The number of benzene rings is 1. The van der Waals surface area contributed by atoms with Crippen LogP contribution in [0.5, 0.6) is 0 Å². The first-order chi connectivity index (χ1) is 23.0. The highest BCUT2D eigenvalue weighted by Gasteiger charge is 2.57. The van der Waals surface area contributed by atoms with Crippen molar-refractivity contribution in [2.24, 2.45) is 35.5 Å². The molecule has 0 bridgehead atoms. The minimum atomic E-state index is -0.947. The number of nitrogens with one attached hydrogen (secondary N) is 1. The molecule has 15 atom stereocenters. The van der Waals surface area contributed by atoms with Gasteiger partial charge in [0.25, 0.3) is 0 Å². The second-order valence-corrected chi connectivity index (χ2v) is 16.3. The molecule has 3 aliphatic carbocycles. The monoisotopic (exact) mass is 668 g/mol. The van der Waals surface area contributed by atoms with Crippen LogP contribution in [0.3, 0.4) is 0 Å². The SMILES string of the molecule is CC[C@H]1CCC[C@H](O[C@H]2CC[C@H](N(C)C)C(C)O2)[C@@H](C)C(O)C2=C[C@H]3C([C@H](O)C(Nc4ccc(C)cc4C)[C@H]4CCC[C@H]43)[C@@H]2CC(O)O1. The Morgan fingerprint density at radius 3 is 2.40 bits per heavy atom. The smallest absolute Gasteiger partial charge is 0.158 e. The summed E-state index contributed by atoms with van der Waals surface area (Å²) in [5.41, 5.74) is 4.46. The van der Waals surface area contributed by atoms with Gasteiger partial charge in [-0.2, -0.15) is 0 Å². The lowest BCUT2D eigenvalue weighted by Crippen LogP contribution is -2.55. The molecule has 8 nitrogen and oxygen atoms in total. The number of likely N-dealkylation sites (N-methyl/N-ethyl adjacent to an activating group) is 1. The first kappa shape index (κ1) is 36.3. The molecule has 4 fully saturated rings. The van der Waals surface area contributed by atoms with Crippen LogP contribution in [0.1, 0.15) is 96.1 Å². The third-order valence-electron chi connectivity index (χ3n) is 13.1. The Labute approximate surface area is 289 Å². The van der Waals surface area contributed by atoms with Crippen LogP contribution in [0.4, 0.5) is 5.69 Å². The van der Waals surface area contributed by atoms with E-state index in [4.69, 9.17) is 14.2 Å². The summed E-state index contributed by atoms with van der Waals surface area (Å²) in [6, 6.07) is 6.76. The van der Waals surface area contributed by atoms with Gasteiger partial charge in [0.1, 0.15) is 0 Å². The van der Waals surface area contributed by atoms with Crippen LogP contribution in [-0.2, 0) is 14.2 Å². The number of aryl methyl sites for hydroxylation is 2. The molecular weight excluding hydrogens is 604 g/mol. The van der Waals surface area contributed by atoms with Crippen molar-refractivity contribution in [2.45, 2.75) is 154 Å². The van der Waals surface area contributed by atoms with E-state index < -0.39 is 18.5 Å². The highest BCUT2D eigenvalue weighted by atomic mass is 16.7. The van der Waals surface area contributed by atoms with Crippen molar-refractivity contribution in [2.75, 3.05) is 19.4 Å². The van der Waals surface area contributed by atoms with E-state index >= 15 is 0 Å². The fourth-order valence-corrected chi connectivity index (χ4v) is 10.5. The van der Waals surface area contributed by atoms with Crippen molar-refractivity contribution >= 4 is 5.69 Å². The molecule has 0 amide bonds. The maximum absolute atomic E-state index is 12.4. The Bertz CT molecular complexity index is 1260. The third-order valence-corrected chi connectivity index (χ3v) is 13.1. The van der Waals surface area contributed by atoms with Crippen molar-refractivity contribution in [3.05, 3.63) is 41.0 Å². The van der Waals surface area contributed by atoms with Gasteiger partial charge in [-0.1, -0.05) is 44.0 Å². The number of fused-ring (bicyclic) bond motifs is 5. The first-order valence-electron chi connectivity index (χ1n) is 19.2. The van der Waals surface area contributed by atoms with Crippen LogP contribution in [-0.4, -0.2) is 89.5 Å². The number of nitrogens with zero attached hydrogens (tertiary/aromatic N) is 1. The quantitative estimate of drug-likeness (QED) is 0.266. The average Bonchev–Trinajstić information content (AvgIpc) is 3.67. The molecule has 0 radical (unpaired) electrons. The van der Waals surface area contributed by atoms with E-state index in [9.17, 15) is 15.3 Å². The van der Waals surface area contributed by atoms with E-state index in [2.05, 4.69) is 83.2 Å². The molecular formula is C40H64N2O6. The largest absolute Gasteiger partial charge is 0.391 e. The summed E-state index contributed by atoms with van der Waals surface area (Å²) in [5, 5.41) is 39.9. The summed E-state index contributed by atoms with van der Waals surface area (Å²) < 4.78 is 19.5. The van der Waals surface area contributed by atoms with Crippen LogP contribution in [0.2, 0.25) is 0 Å². The van der Waals surface area contributed by atoms with E-state index in [1.807, 2.05) is 0 Å². The topological polar surface area (TPSA) is 104 Å². The van der Waals surface area contributed by atoms with Gasteiger partial charge >= 0.3 is 0 Å². The van der Waals surface area contributed by atoms with Crippen LogP contribution < -0.4 is 5.32 Å². The van der Waals surface area contributed by atoms with Crippen molar-refractivity contribution in [3.63, 3.8) is 0 Å². The van der Waals surface area contributed by atoms with Crippen molar-refractivity contribution in [1.82, 2.24) is 4.90 Å². The highest BCUT2D eigenvalue weighted by Crippen LogP contribution is 2.57. The number of allylic oxidation sites excluding steroid dienone is 1. The van der Waals surface area contributed by atoms with E-state index in [0.29, 0.717) is 24.3 Å². The van der Waals surface area contributed by atoms with Crippen molar-refractivity contribution in [1.29, 1.82) is 0 Å². The number of aliphatic hydroxyl groups is 3. The predicted molar refractivity (Wildman–Crippen MR) is 189 cm³/mol. The summed E-state index contributed by atoms with van der Waals surface area (Å²) in [6.07, 6.45) is 8.48. The molecule has 5 unspecified atom stereocenters. The van der Waals surface area contributed by atoms with Crippen LogP contribution >= 0.6 is 0 Å². The fraction of sp³-hybridized carbons (Fsp3) is 0.800. The number of hydrogen-bond acceptors (Lipinski definition) is 8. The summed E-state index contributed by atoms with van der Waals surface area (Å²) in [5.74, 6) is 0.490. The van der Waals surface area contributed by atoms with Gasteiger partial charge in [-0.3, -0.25) is 0 Å². The number of anilines is 1. The van der Waals surface area contributed by atoms with Gasteiger partial charge in [-0.05, 0) is 127 Å². The molecule has 270 valence electrons. The second-order valence-electron chi connectivity index (χ2n) is 16.3. The molecule has 8 heteroatoms. The van der Waals surface area contributed by atoms with Gasteiger partial charge in [0.2, 0.25) is 0 Å². The van der Waals surface area contributed by atoms with Crippen molar-refractivity contribution < 1.29 is 29.5 Å². The second kappa shape index (κ2) is 15.4. The van der Waals surface area contributed by atoms with Gasteiger partial charge < -0.3 is 39.7 Å². The maximum atomic E-state index is 12.4. The summed E-state index contributed by atoms with van der Waals surface area (Å²) in [4.78, 5) is 2.24. The number of aliphatic hydroxyl groups excluding tert-OH is 3. The Kier molecular flexibility index (Phi) is 11.6. The highest BCUT2D eigenvalue weighted by molar-refractivity contribution is 5.53. The Morgan fingerprint density at radius 1 is 0.938 bits per heavy atom. The van der Waals surface area contributed by atoms with Gasteiger partial charge in [-0.15, -0.1) is 0 Å². The van der Waals surface area contributed by atoms with E-state index in [0.717, 1.165) is 69.0 Å².